The summed E-state index contributed by atoms with van der Waals surface area (Å²) in [5.41, 5.74) is 1.04. The highest BCUT2D eigenvalue weighted by Gasteiger charge is 2.22. The van der Waals surface area contributed by atoms with Crippen LogP contribution >= 0.6 is 11.6 Å². The average molecular weight is 314 g/mol. The van der Waals surface area contributed by atoms with E-state index in [2.05, 4.69) is 5.32 Å². The van der Waals surface area contributed by atoms with Gasteiger partial charge in [0.1, 0.15) is 0 Å². The van der Waals surface area contributed by atoms with Crippen LogP contribution in [0.2, 0.25) is 5.02 Å². The fourth-order valence-corrected chi connectivity index (χ4v) is 2.36. The van der Waals surface area contributed by atoms with Gasteiger partial charge in [0.2, 0.25) is 0 Å². The van der Waals surface area contributed by atoms with Crippen molar-refractivity contribution in [3.63, 3.8) is 0 Å². The highest BCUT2D eigenvalue weighted by molar-refractivity contribution is 6.30. The fourth-order valence-electron chi connectivity index (χ4n) is 2.13. The number of hydrogen-bond acceptors (Lipinski definition) is 4. The van der Waals surface area contributed by atoms with Crippen molar-refractivity contribution in [1.29, 1.82) is 0 Å². The maximum absolute atomic E-state index is 6.17. The Morgan fingerprint density at radius 1 is 1.33 bits per heavy atom. The van der Waals surface area contributed by atoms with Crippen molar-refractivity contribution >= 4 is 11.6 Å². The number of halogens is 1. The molecule has 0 bridgehead atoms. The first-order chi connectivity index (χ1) is 10.1. The highest BCUT2D eigenvalue weighted by Crippen LogP contribution is 2.36. The SMILES string of the molecule is COCCC(C)Oc1c(CNC2CC2)cc(Cl)cc1OC. The first kappa shape index (κ1) is 16.4. The molecule has 4 nitrogen and oxygen atoms in total. The molecular formula is C16H24ClNO3. The van der Waals surface area contributed by atoms with Gasteiger partial charge in [-0.1, -0.05) is 11.6 Å². The van der Waals surface area contributed by atoms with Gasteiger partial charge in [-0.15, -0.1) is 0 Å². The second-order valence-corrected chi connectivity index (χ2v) is 5.90. The molecule has 1 fully saturated rings. The van der Waals surface area contributed by atoms with Crippen molar-refractivity contribution in [3.8, 4) is 11.5 Å². The molecule has 1 saturated carbocycles. The summed E-state index contributed by atoms with van der Waals surface area (Å²) in [4.78, 5) is 0. The summed E-state index contributed by atoms with van der Waals surface area (Å²) < 4.78 is 16.6. The van der Waals surface area contributed by atoms with Crippen molar-refractivity contribution in [1.82, 2.24) is 5.32 Å². The number of benzene rings is 1. The Bertz CT molecular complexity index is 463. The lowest BCUT2D eigenvalue weighted by Gasteiger charge is -2.20. The number of ether oxygens (including phenoxy) is 3. The molecule has 0 aromatic heterocycles. The van der Waals surface area contributed by atoms with Gasteiger partial charge in [0, 0.05) is 49.4 Å². The van der Waals surface area contributed by atoms with E-state index in [9.17, 15) is 0 Å². The lowest BCUT2D eigenvalue weighted by Crippen LogP contribution is -2.19. The van der Waals surface area contributed by atoms with Gasteiger partial charge in [0.05, 0.1) is 13.2 Å². The third-order valence-electron chi connectivity index (χ3n) is 3.52. The van der Waals surface area contributed by atoms with E-state index >= 15 is 0 Å². The van der Waals surface area contributed by atoms with Crippen LogP contribution in [0.3, 0.4) is 0 Å². The van der Waals surface area contributed by atoms with E-state index in [1.165, 1.54) is 12.8 Å². The largest absolute Gasteiger partial charge is 0.493 e. The molecule has 1 unspecified atom stereocenters. The number of hydrogen-bond donors (Lipinski definition) is 1. The molecule has 1 atom stereocenters. The molecule has 1 aliphatic carbocycles. The molecular weight excluding hydrogens is 290 g/mol. The molecule has 0 aliphatic heterocycles. The number of methoxy groups -OCH3 is 2. The van der Waals surface area contributed by atoms with E-state index in [1.54, 1.807) is 20.3 Å². The number of nitrogens with one attached hydrogen (secondary N) is 1. The van der Waals surface area contributed by atoms with Crippen molar-refractivity contribution in [2.45, 2.75) is 44.9 Å². The van der Waals surface area contributed by atoms with Crippen LogP contribution < -0.4 is 14.8 Å². The summed E-state index contributed by atoms with van der Waals surface area (Å²) in [6, 6.07) is 4.37. The van der Waals surface area contributed by atoms with Crippen LogP contribution in [0.15, 0.2) is 12.1 Å². The molecule has 1 aromatic rings. The lowest BCUT2D eigenvalue weighted by atomic mass is 10.1. The maximum Gasteiger partial charge on any atom is 0.166 e. The Hall–Kier alpha value is -0.970. The number of rotatable bonds is 9. The summed E-state index contributed by atoms with van der Waals surface area (Å²) in [6.45, 7) is 3.45. The minimum atomic E-state index is 0.0553. The van der Waals surface area contributed by atoms with Crippen LogP contribution in [-0.2, 0) is 11.3 Å². The Balaban J connectivity index is 2.13. The minimum absolute atomic E-state index is 0.0553. The van der Waals surface area contributed by atoms with E-state index in [1.807, 2.05) is 13.0 Å². The fraction of sp³-hybridized carbons (Fsp3) is 0.625. The summed E-state index contributed by atoms with van der Waals surface area (Å²) in [5, 5.41) is 4.15. The van der Waals surface area contributed by atoms with Gasteiger partial charge in [-0.25, -0.2) is 0 Å². The van der Waals surface area contributed by atoms with E-state index in [4.69, 9.17) is 25.8 Å². The van der Waals surface area contributed by atoms with Crippen LogP contribution in [0.25, 0.3) is 0 Å². The Morgan fingerprint density at radius 2 is 2.10 bits per heavy atom. The minimum Gasteiger partial charge on any atom is -0.493 e. The summed E-state index contributed by atoms with van der Waals surface area (Å²) in [5.74, 6) is 1.46. The molecule has 0 amide bonds. The Labute approximate surface area is 131 Å². The average Bonchev–Trinajstić information content (AvgIpc) is 3.28. The molecule has 0 spiro atoms. The summed E-state index contributed by atoms with van der Waals surface area (Å²) in [7, 11) is 3.33. The van der Waals surface area contributed by atoms with Crippen LogP contribution in [-0.4, -0.2) is 33.0 Å². The molecule has 1 N–H and O–H groups in total. The van der Waals surface area contributed by atoms with Crippen LogP contribution in [0.4, 0.5) is 0 Å². The molecule has 0 saturated heterocycles. The third kappa shape index (κ3) is 5.06. The Kier molecular flexibility index (Phi) is 6.15. The van der Waals surface area contributed by atoms with Crippen LogP contribution in [0.1, 0.15) is 31.7 Å². The van der Waals surface area contributed by atoms with Gasteiger partial charge in [0.25, 0.3) is 0 Å². The van der Waals surface area contributed by atoms with Crippen molar-refractivity contribution in [2.75, 3.05) is 20.8 Å². The standard InChI is InChI=1S/C16H24ClNO3/c1-11(6-7-19-2)21-16-12(10-18-14-4-5-14)8-13(17)9-15(16)20-3/h8-9,11,14,18H,4-7,10H2,1-3H3. The second kappa shape index (κ2) is 7.87. The lowest BCUT2D eigenvalue weighted by molar-refractivity contribution is 0.132. The van der Waals surface area contributed by atoms with E-state index in [0.717, 1.165) is 24.3 Å². The normalized spacial score (nSPS) is 15.8. The van der Waals surface area contributed by atoms with Gasteiger partial charge >= 0.3 is 0 Å². The second-order valence-electron chi connectivity index (χ2n) is 5.46. The van der Waals surface area contributed by atoms with Gasteiger partial charge in [0.15, 0.2) is 11.5 Å². The first-order valence-electron chi connectivity index (χ1n) is 7.39. The topological polar surface area (TPSA) is 39.7 Å². The van der Waals surface area contributed by atoms with Gasteiger partial charge in [-0.2, -0.15) is 0 Å². The predicted molar refractivity (Wildman–Crippen MR) is 84.4 cm³/mol. The molecule has 0 heterocycles. The predicted octanol–water partition coefficient (Wildman–Crippen LogP) is 3.40. The van der Waals surface area contributed by atoms with Gasteiger partial charge in [-0.3, -0.25) is 0 Å². The quantitative estimate of drug-likeness (QED) is 0.758. The molecule has 21 heavy (non-hydrogen) atoms. The molecule has 1 aliphatic rings. The van der Waals surface area contributed by atoms with Crippen LogP contribution in [0.5, 0.6) is 11.5 Å². The molecule has 2 rings (SSSR count). The zero-order valence-electron chi connectivity index (χ0n) is 12.9. The summed E-state index contributed by atoms with van der Waals surface area (Å²) in [6.07, 6.45) is 3.38. The van der Waals surface area contributed by atoms with E-state index in [0.29, 0.717) is 23.4 Å². The van der Waals surface area contributed by atoms with Crippen molar-refractivity contribution < 1.29 is 14.2 Å². The third-order valence-corrected chi connectivity index (χ3v) is 3.74. The Morgan fingerprint density at radius 3 is 2.71 bits per heavy atom. The smallest absolute Gasteiger partial charge is 0.166 e. The maximum atomic E-state index is 6.17. The summed E-state index contributed by atoms with van der Waals surface area (Å²) >= 11 is 6.17. The van der Waals surface area contributed by atoms with E-state index in [-0.39, 0.29) is 6.10 Å². The first-order valence-corrected chi connectivity index (χ1v) is 7.77. The highest BCUT2D eigenvalue weighted by atomic mass is 35.5. The molecule has 5 heteroatoms. The zero-order chi connectivity index (χ0) is 15.2. The van der Waals surface area contributed by atoms with Crippen LogP contribution in [0, 0.1) is 0 Å². The zero-order valence-corrected chi connectivity index (χ0v) is 13.7. The van der Waals surface area contributed by atoms with Gasteiger partial charge in [-0.05, 0) is 25.8 Å². The van der Waals surface area contributed by atoms with Crippen molar-refractivity contribution in [3.05, 3.63) is 22.7 Å². The van der Waals surface area contributed by atoms with E-state index < -0.39 is 0 Å². The monoisotopic (exact) mass is 313 g/mol. The molecule has 1 aromatic carbocycles. The van der Waals surface area contributed by atoms with Gasteiger partial charge < -0.3 is 19.5 Å². The molecule has 118 valence electrons. The molecule has 0 radical (unpaired) electrons. The van der Waals surface area contributed by atoms with Crippen molar-refractivity contribution in [2.24, 2.45) is 0 Å².